The Bertz CT molecular complexity index is 1160. The first-order chi connectivity index (χ1) is 15.0. The van der Waals surface area contributed by atoms with Gasteiger partial charge in [-0.3, -0.25) is 14.9 Å². The maximum atomic E-state index is 13.4. The number of nitrogens with one attached hydrogen (secondary N) is 1. The molecule has 1 atom stereocenters. The summed E-state index contributed by atoms with van der Waals surface area (Å²) < 4.78 is 2.49. The zero-order chi connectivity index (χ0) is 23.2. The number of aryl methyl sites for hydroxylation is 1. The molecule has 2 amide bonds. The van der Waals surface area contributed by atoms with Crippen molar-refractivity contribution in [3.8, 4) is 0 Å². The summed E-state index contributed by atoms with van der Waals surface area (Å²) in [6, 6.07) is 7.73. The van der Waals surface area contributed by atoms with Gasteiger partial charge in [-0.15, -0.1) is 0 Å². The highest BCUT2D eigenvalue weighted by atomic mass is 32.1. The van der Waals surface area contributed by atoms with Crippen LogP contribution in [-0.4, -0.2) is 69.6 Å². The smallest absolute Gasteiger partial charge is 0.275 e. The van der Waals surface area contributed by atoms with Crippen LogP contribution >= 0.6 is 11.3 Å². The Morgan fingerprint density at radius 3 is 2.47 bits per heavy atom. The molecule has 0 spiro atoms. The second kappa shape index (κ2) is 8.29. The predicted molar refractivity (Wildman–Crippen MR) is 128 cm³/mol. The van der Waals surface area contributed by atoms with E-state index in [1.165, 1.54) is 11.3 Å². The van der Waals surface area contributed by atoms with Gasteiger partial charge < -0.3 is 9.80 Å². The van der Waals surface area contributed by atoms with Crippen LogP contribution in [0.1, 0.15) is 53.6 Å². The van der Waals surface area contributed by atoms with Gasteiger partial charge in [0.05, 0.1) is 5.54 Å². The molecule has 1 saturated heterocycles. The van der Waals surface area contributed by atoms with Gasteiger partial charge in [0.2, 0.25) is 0 Å². The first kappa shape index (κ1) is 22.4. The van der Waals surface area contributed by atoms with Crippen LogP contribution in [0.2, 0.25) is 0 Å². The number of aromatic nitrogens is 3. The lowest BCUT2D eigenvalue weighted by Gasteiger charge is -2.20. The summed E-state index contributed by atoms with van der Waals surface area (Å²) in [7, 11) is 4.08. The van der Waals surface area contributed by atoms with Crippen LogP contribution in [0.4, 0.5) is 5.13 Å². The number of nitrogens with zero attached hydrogens (tertiary/aromatic N) is 5. The molecule has 3 aromatic rings. The van der Waals surface area contributed by atoms with Crippen LogP contribution in [0, 0.1) is 6.92 Å². The lowest BCUT2D eigenvalue weighted by atomic mass is 10.1. The standard InChI is InChI=1S/C23H30N6O2S/c1-14-7-9-15(10-8-14)20(30)25-22-24-19-18(32-22)17(26-29(19)23(2,3)4)21(31)28-12-11-16(13-28)27(5)6/h7-10,16H,11-13H2,1-6H3,(H,24,25,30)/t16-/m1/s1. The summed E-state index contributed by atoms with van der Waals surface area (Å²) in [5, 5.41) is 8.02. The molecule has 0 aliphatic carbocycles. The minimum absolute atomic E-state index is 0.0811. The van der Waals surface area contributed by atoms with Gasteiger partial charge in [-0.1, -0.05) is 29.0 Å². The molecule has 0 bridgehead atoms. The summed E-state index contributed by atoms with van der Waals surface area (Å²) in [5.41, 5.74) is 2.32. The van der Waals surface area contributed by atoms with E-state index in [0.717, 1.165) is 12.0 Å². The van der Waals surface area contributed by atoms with E-state index < -0.39 is 0 Å². The van der Waals surface area contributed by atoms with Crippen LogP contribution < -0.4 is 5.32 Å². The van der Waals surface area contributed by atoms with Gasteiger partial charge in [0.15, 0.2) is 16.5 Å². The molecule has 1 fully saturated rings. The average molecular weight is 455 g/mol. The van der Waals surface area contributed by atoms with E-state index in [4.69, 9.17) is 0 Å². The van der Waals surface area contributed by atoms with Crippen LogP contribution in [0.25, 0.3) is 10.3 Å². The fourth-order valence-corrected chi connectivity index (χ4v) is 4.75. The molecule has 0 radical (unpaired) electrons. The molecule has 1 N–H and O–H groups in total. The molecule has 4 rings (SSSR count). The van der Waals surface area contributed by atoms with Crippen molar-refractivity contribution in [2.75, 3.05) is 32.5 Å². The van der Waals surface area contributed by atoms with Crippen molar-refractivity contribution in [1.29, 1.82) is 0 Å². The van der Waals surface area contributed by atoms with E-state index in [2.05, 4.69) is 20.3 Å². The van der Waals surface area contributed by atoms with Crippen LogP contribution in [0.3, 0.4) is 0 Å². The summed E-state index contributed by atoms with van der Waals surface area (Å²) in [6.07, 6.45) is 0.947. The van der Waals surface area contributed by atoms with Gasteiger partial charge in [-0.05, 0) is 60.3 Å². The molecule has 2 aromatic heterocycles. The Labute approximate surface area is 192 Å². The number of anilines is 1. The number of hydrogen-bond acceptors (Lipinski definition) is 6. The molecular formula is C23H30N6O2S. The Morgan fingerprint density at radius 1 is 1.19 bits per heavy atom. The largest absolute Gasteiger partial charge is 0.336 e. The van der Waals surface area contributed by atoms with E-state index in [-0.39, 0.29) is 17.4 Å². The maximum absolute atomic E-state index is 13.4. The van der Waals surface area contributed by atoms with Crippen LogP contribution in [-0.2, 0) is 5.54 Å². The minimum Gasteiger partial charge on any atom is -0.336 e. The molecule has 1 aliphatic rings. The van der Waals surface area contributed by atoms with Crippen molar-refractivity contribution in [3.63, 3.8) is 0 Å². The Hall–Kier alpha value is -2.78. The monoisotopic (exact) mass is 454 g/mol. The topological polar surface area (TPSA) is 83.4 Å². The molecule has 8 nitrogen and oxygen atoms in total. The molecule has 3 heterocycles. The van der Waals surface area contributed by atoms with Gasteiger partial charge in [0, 0.05) is 24.7 Å². The third-order valence-corrected chi connectivity index (χ3v) is 6.74. The average Bonchev–Trinajstić information content (AvgIpc) is 3.42. The molecule has 32 heavy (non-hydrogen) atoms. The number of carbonyl (C=O) groups excluding carboxylic acids is 2. The second-order valence-corrected chi connectivity index (χ2v) is 10.6. The van der Waals surface area contributed by atoms with E-state index in [0.29, 0.717) is 45.9 Å². The van der Waals surface area contributed by atoms with Crippen molar-refractivity contribution < 1.29 is 9.59 Å². The van der Waals surface area contributed by atoms with E-state index in [9.17, 15) is 9.59 Å². The number of carbonyl (C=O) groups is 2. The highest BCUT2D eigenvalue weighted by Gasteiger charge is 2.33. The Morgan fingerprint density at radius 2 is 1.88 bits per heavy atom. The summed E-state index contributed by atoms with van der Waals surface area (Å²) in [4.78, 5) is 34.7. The van der Waals surface area contributed by atoms with Gasteiger partial charge in [0.1, 0.15) is 4.70 Å². The summed E-state index contributed by atoms with van der Waals surface area (Å²) in [6.45, 7) is 9.45. The molecule has 0 saturated carbocycles. The summed E-state index contributed by atoms with van der Waals surface area (Å²) in [5.74, 6) is -0.305. The van der Waals surface area contributed by atoms with Gasteiger partial charge >= 0.3 is 0 Å². The Kier molecular flexibility index (Phi) is 5.81. The fraction of sp³-hybridized carbons (Fsp3) is 0.478. The second-order valence-electron chi connectivity index (χ2n) is 9.58. The SMILES string of the molecule is Cc1ccc(C(=O)Nc2nc3c(s2)c(C(=O)N2CC[C@@H](N(C)C)C2)nn3C(C)(C)C)cc1. The third kappa shape index (κ3) is 4.27. The molecule has 170 valence electrons. The number of thiazole rings is 1. The number of benzene rings is 1. The fourth-order valence-electron chi connectivity index (χ4n) is 3.84. The van der Waals surface area contributed by atoms with Crippen molar-refractivity contribution in [2.45, 2.75) is 45.7 Å². The number of likely N-dealkylation sites (tertiary alicyclic amines) is 1. The molecule has 0 unspecified atom stereocenters. The molecular weight excluding hydrogens is 424 g/mol. The highest BCUT2D eigenvalue weighted by molar-refractivity contribution is 7.22. The first-order valence-corrected chi connectivity index (χ1v) is 11.6. The quantitative estimate of drug-likeness (QED) is 0.651. The predicted octanol–water partition coefficient (Wildman–Crippen LogP) is 3.58. The third-order valence-electron chi connectivity index (χ3n) is 5.78. The lowest BCUT2D eigenvalue weighted by molar-refractivity contribution is 0.0777. The normalized spacial score (nSPS) is 16.8. The zero-order valence-corrected chi connectivity index (χ0v) is 20.3. The van der Waals surface area contributed by atoms with E-state index >= 15 is 0 Å². The van der Waals surface area contributed by atoms with Crippen LogP contribution in [0.5, 0.6) is 0 Å². The molecule has 1 aromatic carbocycles. The molecule has 1 aliphatic heterocycles. The lowest BCUT2D eigenvalue weighted by Crippen LogP contribution is -2.35. The van der Waals surface area contributed by atoms with E-state index in [1.54, 1.807) is 16.8 Å². The highest BCUT2D eigenvalue weighted by Crippen LogP contribution is 2.33. The molecule has 9 heteroatoms. The Balaban J connectivity index is 1.66. The number of hydrogen-bond donors (Lipinski definition) is 1. The van der Waals surface area contributed by atoms with Gasteiger partial charge in [0.25, 0.3) is 11.8 Å². The maximum Gasteiger partial charge on any atom is 0.275 e. The van der Waals surface area contributed by atoms with E-state index in [1.807, 2.05) is 58.8 Å². The van der Waals surface area contributed by atoms with Crippen molar-refractivity contribution >= 4 is 38.6 Å². The van der Waals surface area contributed by atoms with Gasteiger partial charge in [-0.2, -0.15) is 10.1 Å². The number of fused-ring (bicyclic) bond motifs is 1. The number of amides is 2. The van der Waals surface area contributed by atoms with Crippen LogP contribution in [0.15, 0.2) is 24.3 Å². The zero-order valence-electron chi connectivity index (χ0n) is 19.5. The minimum atomic E-state index is -0.361. The first-order valence-electron chi connectivity index (χ1n) is 10.8. The summed E-state index contributed by atoms with van der Waals surface area (Å²) >= 11 is 1.30. The van der Waals surface area contributed by atoms with Crippen molar-refractivity contribution in [2.24, 2.45) is 0 Å². The number of likely N-dealkylation sites (N-methyl/N-ethyl adjacent to an activating group) is 1. The van der Waals surface area contributed by atoms with Crippen molar-refractivity contribution in [1.82, 2.24) is 24.6 Å². The van der Waals surface area contributed by atoms with Crippen molar-refractivity contribution in [3.05, 3.63) is 41.1 Å². The number of rotatable bonds is 4. The van der Waals surface area contributed by atoms with Gasteiger partial charge in [-0.25, -0.2) is 4.68 Å².